The van der Waals surface area contributed by atoms with Crippen molar-refractivity contribution in [2.45, 2.75) is 65.3 Å². The van der Waals surface area contributed by atoms with Crippen LogP contribution in [0.4, 0.5) is 0 Å². The minimum atomic E-state index is 0.378. The average molecular weight is 259 g/mol. The average Bonchev–Trinajstić information content (AvgIpc) is 2.38. The van der Waals surface area contributed by atoms with Crippen molar-refractivity contribution in [3.63, 3.8) is 0 Å². The fourth-order valence-corrected chi connectivity index (χ4v) is 3.27. The van der Waals surface area contributed by atoms with E-state index < -0.39 is 0 Å². The normalized spacial score (nSPS) is 24.7. The quantitative estimate of drug-likeness (QED) is 0.812. The maximum atomic E-state index is 3.77. The van der Waals surface area contributed by atoms with E-state index in [1.165, 1.54) is 18.4 Å². The van der Waals surface area contributed by atoms with E-state index in [4.69, 9.17) is 0 Å². The summed E-state index contributed by atoms with van der Waals surface area (Å²) in [5, 5.41) is 3.77. The van der Waals surface area contributed by atoms with Gasteiger partial charge in [0.2, 0.25) is 0 Å². The van der Waals surface area contributed by atoms with Gasteiger partial charge in [0.15, 0.2) is 0 Å². The van der Waals surface area contributed by atoms with E-state index in [0.717, 1.165) is 6.54 Å². The van der Waals surface area contributed by atoms with Crippen LogP contribution in [0.5, 0.6) is 0 Å². The lowest BCUT2D eigenvalue weighted by molar-refractivity contribution is 0.214. The molecule has 1 aliphatic rings. The molecule has 1 fully saturated rings. The van der Waals surface area contributed by atoms with Crippen molar-refractivity contribution >= 4 is 0 Å². The van der Waals surface area contributed by atoms with Gasteiger partial charge in [0.05, 0.1) is 0 Å². The number of nitrogens with one attached hydrogen (secondary N) is 1. The Morgan fingerprint density at radius 2 is 1.79 bits per heavy atom. The van der Waals surface area contributed by atoms with Crippen LogP contribution in [0.15, 0.2) is 24.3 Å². The smallest absolute Gasteiger partial charge is 0.0116 e. The van der Waals surface area contributed by atoms with Gasteiger partial charge in [0.25, 0.3) is 0 Å². The van der Waals surface area contributed by atoms with Crippen molar-refractivity contribution in [1.29, 1.82) is 0 Å². The minimum Gasteiger partial charge on any atom is -0.313 e. The number of hydrogen-bond donors (Lipinski definition) is 1. The summed E-state index contributed by atoms with van der Waals surface area (Å²) in [5.74, 6) is 1.31. The van der Waals surface area contributed by atoms with Crippen molar-refractivity contribution in [1.82, 2.24) is 5.32 Å². The lowest BCUT2D eigenvalue weighted by atomic mass is 9.77. The van der Waals surface area contributed by atoms with Crippen LogP contribution in [0.3, 0.4) is 0 Å². The zero-order valence-corrected chi connectivity index (χ0v) is 13.2. The number of benzene rings is 1. The van der Waals surface area contributed by atoms with Crippen molar-refractivity contribution in [2.24, 2.45) is 5.41 Å². The molecule has 106 valence electrons. The first-order valence-corrected chi connectivity index (χ1v) is 7.72. The second-order valence-electron chi connectivity index (χ2n) is 7.38. The Morgan fingerprint density at radius 1 is 1.11 bits per heavy atom. The van der Waals surface area contributed by atoms with E-state index in [1.807, 2.05) is 0 Å². The van der Waals surface area contributed by atoms with E-state index in [1.54, 1.807) is 5.56 Å². The molecular formula is C18H29N. The summed E-state index contributed by atoms with van der Waals surface area (Å²) in [4.78, 5) is 0. The van der Waals surface area contributed by atoms with Crippen molar-refractivity contribution < 1.29 is 0 Å². The Labute approximate surface area is 118 Å². The van der Waals surface area contributed by atoms with E-state index in [2.05, 4.69) is 64.2 Å². The van der Waals surface area contributed by atoms with E-state index >= 15 is 0 Å². The number of hydrogen-bond acceptors (Lipinski definition) is 1. The standard InChI is InChI=1S/C18H29N/c1-13(2)15-8-6-7-9-16(15)14-10-11-17(19-12-14)18(3,4)5/h6-9,13-14,17,19H,10-12H2,1-5H3. The highest BCUT2D eigenvalue weighted by Crippen LogP contribution is 2.34. The molecule has 1 aromatic carbocycles. The second kappa shape index (κ2) is 5.66. The third-order valence-electron chi connectivity index (χ3n) is 4.52. The Kier molecular flexibility index (Phi) is 4.35. The summed E-state index contributed by atoms with van der Waals surface area (Å²) in [7, 11) is 0. The predicted molar refractivity (Wildman–Crippen MR) is 83.8 cm³/mol. The number of rotatable bonds is 2. The molecule has 1 N–H and O–H groups in total. The molecule has 1 aromatic rings. The number of piperidine rings is 1. The Balaban J connectivity index is 2.10. The summed E-state index contributed by atoms with van der Waals surface area (Å²) in [6.45, 7) is 12.7. The Hall–Kier alpha value is -0.820. The topological polar surface area (TPSA) is 12.0 Å². The zero-order chi connectivity index (χ0) is 14.0. The maximum absolute atomic E-state index is 3.77. The minimum absolute atomic E-state index is 0.378. The maximum Gasteiger partial charge on any atom is 0.0116 e. The Bertz CT molecular complexity index is 406. The van der Waals surface area contributed by atoms with Crippen LogP contribution in [-0.2, 0) is 0 Å². The third kappa shape index (κ3) is 3.39. The molecule has 1 aliphatic heterocycles. The van der Waals surface area contributed by atoms with Crippen molar-refractivity contribution in [3.8, 4) is 0 Å². The lowest BCUT2D eigenvalue weighted by Gasteiger charge is -2.38. The molecule has 0 spiro atoms. The van der Waals surface area contributed by atoms with Gasteiger partial charge in [-0.1, -0.05) is 58.9 Å². The third-order valence-corrected chi connectivity index (χ3v) is 4.52. The van der Waals surface area contributed by atoms with Gasteiger partial charge in [-0.25, -0.2) is 0 Å². The molecule has 2 rings (SSSR count). The van der Waals surface area contributed by atoms with Crippen LogP contribution in [0.2, 0.25) is 0 Å². The highest BCUT2D eigenvalue weighted by Gasteiger charge is 2.30. The first-order chi connectivity index (χ1) is 8.89. The molecule has 0 saturated carbocycles. The molecule has 1 nitrogen and oxygen atoms in total. The molecule has 2 unspecified atom stereocenters. The van der Waals surface area contributed by atoms with Gasteiger partial charge >= 0.3 is 0 Å². The van der Waals surface area contributed by atoms with Gasteiger partial charge in [0, 0.05) is 12.6 Å². The molecule has 0 bridgehead atoms. The van der Waals surface area contributed by atoms with E-state index in [9.17, 15) is 0 Å². The summed E-state index contributed by atoms with van der Waals surface area (Å²) < 4.78 is 0. The molecule has 1 heterocycles. The van der Waals surface area contributed by atoms with Crippen LogP contribution in [-0.4, -0.2) is 12.6 Å². The van der Waals surface area contributed by atoms with E-state index in [-0.39, 0.29) is 0 Å². The molecule has 1 saturated heterocycles. The summed E-state index contributed by atoms with van der Waals surface area (Å²) in [6.07, 6.45) is 2.61. The summed E-state index contributed by atoms with van der Waals surface area (Å²) in [6, 6.07) is 9.66. The van der Waals surface area contributed by atoms with Gasteiger partial charge in [-0.05, 0) is 41.2 Å². The van der Waals surface area contributed by atoms with Gasteiger partial charge in [-0.3, -0.25) is 0 Å². The van der Waals surface area contributed by atoms with Crippen molar-refractivity contribution in [2.75, 3.05) is 6.54 Å². The monoisotopic (exact) mass is 259 g/mol. The first-order valence-electron chi connectivity index (χ1n) is 7.72. The van der Waals surface area contributed by atoms with Crippen LogP contribution in [0, 0.1) is 5.41 Å². The highest BCUT2D eigenvalue weighted by molar-refractivity contribution is 5.33. The zero-order valence-electron chi connectivity index (χ0n) is 13.2. The van der Waals surface area contributed by atoms with Crippen LogP contribution >= 0.6 is 0 Å². The highest BCUT2D eigenvalue weighted by atomic mass is 14.9. The molecule has 1 heteroatoms. The summed E-state index contributed by atoms with van der Waals surface area (Å²) in [5.41, 5.74) is 3.48. The fourth-order valence-electron chi connectivity index (χ4n) is 3.27. The molecule has 0 radical (unpaired) electrons. The van der Waals surface area contributed by atoms with Gasteiger partial charge < -0.3 is 5.32 Å². The molecule has 19 heavy (non-hydrogen) atoms. The molecule has 2 atom stereocenters. The van der Waals surface area contributed by atoms with Crippen LogP contribution in [0.1, 0.15) is 70.4 Å². The molecule has 0 aromatic heterocycles. The molecule has 0 aliphatic carbocycles. The summed E-state index contributed by atoms with van der Waals surface area (Å²) >= 11 is 0. The van der Waals surface area contributed by atoms with Crippen molar-refractivity contribution in [3.05, 3.63) is 35.4 Å². The SMILES string of the molecule is CC(C)c1ccccc1C1CCC(C(C)(C)C)NC1. The van der Waals surface area contributed by atoms with Crippen LogP contribution < -0.4 is 5.32 Å². The van der Waals surface area contributed by atoms with Gasteiger partial charge in [-0.15, -0.1) is 0 Å². The molecule has 0 amide bonds. The van der Waals surface area contributed by atoms with Gasteiger partial charge in [0.1, 0.15) is 0 Å². The molecular weight excluding hydrogens is 230 g/mol. The largest absolute Gasteiger partial charge is 0.313 e. The fraction of sp³-hybridized carbons (Fsp3) is 0.667. The lowest BCUT2D eigenvalue weighted by Crippen LogP contribution is -2.45. The second-order valence-corrected chi connectivity index (χ2v) is 7.38. The van der Waals surface area contributed by atoms with E-state index in [0.29, 0.717) is 23.3 Å². The first kappa shape index (κ1) is 14.6. The van der Waals surface area contributed by atoms with Gasteiger partial charge in [-0.2, -0.15) is 0 Å². The predicted octanol–water partition coefficient (Wildman–Crippen LogP) is 4.69. The van der Waals surface area contributed by atoms with Crippen LogP contribution in [0.25, 0.3) is 0 Å². The Morgan fingerprint density at radius 3 is 2.32 bits per heavy atom.